The van der Waals surface area contributed by atoms with Crippen molar-refractivity contribution in [3.8, 4) is 5.75 Å². The van der Waals surface area contributed by atoms with Crippen molar-refractivity contribution in [3.63, 3.8) is 0 Å². The lowest BCUT2D eigenvalue weighted by Crippen LogP contribution is -2.48. The van der Waals surface area contributed by atoms with Crippen LogP contribution in [0.15, 0.2) is 57.8 Å². The molecule has 4 rings (SSSR count). The van der Waals surface area contributed by atoms with Crippen LogP contribution in [0.3, 0.4) is 0 Å². The Labute approximate surface area is 170 Å². The van der Waals surface area contributed by atoms with Crippen LogP contribution in [0.5, 0.6) is 5.75 Å². The van der Waals surface area contributed by atoms with Gasteiger partial charge in [0.15, 0.2) is 5.58 Å². The van der Waals surface area contributed by atoms with E-state index < -0.39 is 22.1 Å². The first-order chi connectivity index (χ1) is 14.2. The summed E-state index contributed by atoms with van der Waals surface area (Å²) in [6.07, 6.45) is -4.83. The first-order valence-corrected chi connectivity index (χ1v) is 10.6. The molecule has 2 heterocycles. The summed E-state index contributed by atoms with van der Waals surface area (Å²) in [6.45, 7) is 1.93. The van der Waals surface area contributed by atoms with E-state index in [1.807, 2.05) is 29.2 Å². The van der Waals surface area contributed by atoms with Gasteiger partial charge in [-0.2, -0.15) is 4.31 Å². The normalized spacial score (nSPS) is 16.8. The molecule has 2 aromatic carbocycles. The third kappa shape index (κ3) is 4.58. The van der Waals surface area contributed by atoms with Crippen molar-refractivity contribution in [2.45, 2.75) is 17.8 Å². The lowest BCUT2D eigenvalue weighted by atomic mass is 10.3. The molecule has 1 fully saturated rings. The Morgan fingerprint density at radius 3 is 2.30 bits per heavy atom. The van der Waals surface area contributed by atoms with Crippen molar-refractivity contribution in [1.29, 1.82) is 0 Å². The van der Waals surface area contributed by atoms with Gasteiger partial charge in [0.2, 0.25) is 15.9 Å². The molecule has 3 aromatic rings. The topological polar surface area (TPSA) is 75.9 Å². The minimum absolute atomic E-state index is 0.0792. The molecule has 1 aromatic heterocycles. The molecule has 1 aliphatic heterocycles. The number of alkyl halides is 3. The molecule has 1 saturated heterocycles. The standard InChI is InChI=1S/C19H18F3N3O4S/c20-19(21,22)29-14-5-7-15(8-6-14)30(26,27)25-11-9-24(10-12-25)13-18-23-16-3-1-2-4-17(16)28-18/h1-8H,9-13H2. The van der Waals surface area contributed by atoms with Crippen LogP contribution in [0.25, 0.3) is 11.1 Å². The second-order valence-electron chi connectivity index (χ2n) is 6.77. The predicted octanol–water partition coefficient (Wildman–Crippen LogP) is 3.23. The number of hydrogen-bond acceptors (Lipinski definition) is 6. The summed E-state index contributed by atoms with van der Waals surface area (Å²) >= 11 is 0. The zero-order chi connectivity index (χ0) is 21.4. The molecule has 1 aliphatic rings. The van der Waals surface area contributed by atoms with E-state index in [9.17, 15) is 21.6 Å². The highest BCUT2D eigenvalue weighted by atomic mass is 32.2. The van der Waals surface area contributed by atoms with E-state index in [-0.39, 0.29) is 18.0 Å². The van der Waals surface area contributed by atoms with Gasteiger partial charge in [0, 0.05) is 26.2 Å². The molecule has 0 aliphatic carbocycles. The molecule has 0 spiro atoms. The first-order valence-electron chi connectivity index (χ1n) is 9.13. The van der Waals surface area contributed by atoms with E-state index in [4.69, 9.17) is 4.42 Å². The van der Waals surface area contributed by atoms with E-state index in [0.29, 0.717) is 31.1 Å². The molecule has 0 bridgehead atoms. The lowest BCUT2D eigenvalue weighted by Gasteiger charge is -2.33. The minimum Gasteiger partial charge on any atom is -0.439 e. The van der Waals surface area contributed by atoms with Crippen LogP contribution < -0.4 is 4.74 Å². The van der Waals surface area contributed by atoms with Gasteiger partial charge < -0.3 is 9.15 Å². The lowest BCUT2D eigenvalue weighted by molar-refractivity contribution is -0.274. The number of ether oxygens (including phenoxy) is 1. The Hall–Kier alpha value is -2.63. The monoisotopic (exact) mass is 441 g/mol. The van der Waals surface area contributed by atoms with Gasteiger partial charge in [-0.1, -0.05) is 12.1 Å². The molecule has 160 valence electrons. The molecular formula is C19H18F3N3O4S. The summed E-state index contributed by atoms with van der Waals surface area (Å²) in [4.78, 5) is 6.38. The summed E-state index contributed by atoms with van der Waals surface area (Å²) < 4.78 is 73.1. The van der Waals surface area contributed by atoms with Crippen LogP contribution in [0.4, 0.5) is 13.2 Å². The number of rotatable bonds is 5. The van der Waals surface area contributed by atoms with Crippen molar-refractivity contribution >= 4 is 21.1 Å². The Morgan fingerprint density at radius 1 is 1.00 bits per heavy atom. The number of piperazine rings is 1. The summed E-state index contributed by atoms with van der Waals surface area (Å²) in [5.74, 6) is 0.0948. The molecule has 0 saturated carbocycles. The highest BCUT2D eigenvalue weighted by molar-refractivity contribution is 7.89. The third-order valence-electron chi connectivity index (χ3n) is 4.72. The summed E-state index contributed by atoms with van der Waals surface area (Å²) in [6, 6.07) is 11.6. The molecule has 0 N–H and O–H groups in total. The molecular weight excluding hydrogens is 423 g/mol. The highest BCUT2D eigenvalue weighted by Gasteiger charge is 2.32. The van der Waals surface area contributed by atoms with Crippen LogP contribution in [0, 0.1) is 0 Å². The van der Waals surface area contributed by atoms with Gasteiger partial charge in [-0.15, -0.1) is 13.2 Å². The average molecular weight is 441 g/mol. The number of hydrogen-bond donors (Lipinski definition) is 0. The smallest absolute Gasteiger partial charge is 0.439 e. The first kappa shape index (κ1) is 20.6. The van der Waals surface area contributed by atoms with Gasteiger partial charge >= 0.3 is 6.36 Å². The van der Waals surface area contributed by atoms with Gasteiger partial charge in [0.25, 0.3) is 0 Å². The van der Waals surface area contributed by atoms with Gasteiger partial charge in [0.1, 0.15) is 11.3 Å². The maximum Gasteiger partial charge on any atom is 0.573 e. The average Bonchev–Trinajstić information content (AvgIpc) is 3.10. The zero-order valence-corrected chi connectivity index (χ0v) is 16.5. The SMILES string of the molecule is O=S(=O)(c1ccc(OC(F)(F)F)cc1)N1CCN(Cc2nc3ccccc3o2)CC1. The molecule has 0 unspecified atom stereocenters. The Morgan fingerprint density at radius 2 is 1.67 bits per heavy atom. The number of benzene rings is 2. The van der Waals surface area contributed by atoms with E-state index in [1.165, 1.54) is 4.31 Å². The third-order valence-corrected chi connectivity index (χ3v) is 6.64. The van der Waals surface area contributed by atoms with Crippen LogP contribution in [-0.2, 0) is 16.6 Å². The number of halogens is 3. The van der Waals surface area contributed by atoms with E-state index in [0.717, 1.165) is 29.8 Å². The fraction of sp³-hybridized carbons (Fsp3) is 0.316. The number of sulfonamides is 1. The van der Waals surface area contributed by atoms with E-state index in [1.54, 1.807) is 0 Å². The second-order valence-corrected chi connectivity index (χ2v) is 8.71. The van der Waals surface area contributed by atoms with Gasteiger partial charge in [-0.25, -0.2) is 13.4 Å². The van der Waals surface area contributed by atoms with Gasteiger partial charge in [0.05, 0.1) is 11.4 Å². The summed E-state index contributed by atoms with van der Waals surface area (Å²) in [5.41, 5.74) is 1.47. The molecule has 11 heteroatoms. The molecule has 0 radical (unpaired) electrons. The van der Waals surface area contributed by atoms with Crippen LogP contribution in [-0.4, -0.2) is 55.1 Å². The van der Waals surface area contributed by atoms with Crippen LogP contribution >= 0.6 is 0 Å². The minimum atomic E-state index is -4.83. The fourth-order valence-electron chi connectivity index (χ4n) is 3.27. The summed E-state index contributed by atoms with van der Waals surface area (Å²) in [7, 11) is -3.81. The second kappa shape index (κ2) is 7.89. The molecule has 30 heavy (non-hydrogen) atoms. The molecule has 0 atom stereocenters. The quantitative estimate of drug-likeness (QED) is 0.605. The fourth-order valence-corrected chi connectivity index (χ4v) is 4.69. The number of para-hydroxylation sites is 2. The zero-order valence-electron chi connectivity index (χ0n) is 15.7. The van der Waals surface area contributed by atoms with Crippen LogP contribution in [0.1, 0.15) is 5.89 Å². The molecule has 7 nitrogen and oxygen atoms in total. The Balaban J connectivity index is 1.37. The maximum absolute atomic E-state index is 12.8. The Kier molecular flexibility index (Phi) is 5.43. The summed E-state index contributed by atoms with van der Waals surface area (Å²) in [5, 5.41) is 0. The van der Waals surface area contributed by atoms with Crippen molar-refractivity contribution in [3.05, 3.63) is 54.4 Å². The van der Waals surface area contributed by atoms with Gasteiger partial charge in [-0.05, 0) is 36.4 Å². The van der Waals surface area contributed by atoms with Crippen LogP contribution in [0.2, 0.25) is 0 Å². The Bertz CT molecular complexity index is 1090. The molecule has 0 amide bonds. The predicted molar refractivity (Wildman–Crippen MR) is 101 cm³/mol. The maximum atomic E-state index is 12.8. The van der Waals surface area contributed by atoms with Crippen molar-refractivity contribution < 1.29 is 30.7 Å². The number of aromatic nitrogens is 1. The van der Waals surface area contributed by atoms with E-state index in [2.05, 4.69) is 9.72 Å². The largest absolute Gasteiger partial charge is 0.573 e. The number of oxazole rings is 1. The number of nitrogens with zero attached hydrogens (tertiary/aromatic N) is 3. The van der Waals surface area contributed by atoms with Gasteiger partial charge in [-0.3, -0.25) is 4.90 Å². The van der Waals surface area contributed by atoms with Crippen molar-refractivity contribution in [2.24, 2.45) is 0 Å². The van der Waals surface area contributed by atoms with E-state index >= 15 is 0 Å². The van der Waals surface area contributed by atoms with Crippen molar-refractivity contribution in [2.75, 3.05) is 26.2 Å². The number of fused-ring (bicyclic) bond motifs is 1. The highest BCUT2D eigenvalue weighted by Crippen LogP contribution is 2.26. The van der Waals surface area contributed by atoms with Crippen molar-refractivity contribution in [1.82, 2.24) is 14.2 Å².